The van der Waals surface area contributed by atoms with Gasteiger partial charge in [-0.15, -0.1) is 5.11 Å². The highest BCUT2D eigenvalue weighted by Gasteiger charge is 1.94. The van der Waals surface area contributed by atoms with Gasteiger partial charge in [0.1, 0.15) is 0 Å². The van der Waals surface area contributed by atoms with Gasteiger partial charge in [-0.05, 0) is 12.1 Å². The summed E-state index contributed by atoms with van der Waals surface area (Å²) in [6.07, 6.45) is 1.47. The van der Waals surface area contributed by atoms with E-state index in [1.54, 1.807) is 6.07 Å². The van der Waals surface area contributed by atoms with Crippen molar-refractivity contribution in [2.24, 2.45) is 5.11 Å². The standard InChI is InChI=1S/C5H5N3O/c6-8-5-4(9)2-1-3-7-5/h1-3,6,9H. The summed E-state index contributed by atoms with van der Waals surface area (Å²) in [6, 6.07) is 3.00. The molecule has 2 N–H and O–H groups in total. The minimum absolute atomic E-state index is 0.0532. The predicted octanol–water partition coefficient (Wildman–Crippen LogP) is 1.45. The Morgan fingerprint density at radius 1 is 1.67 bits per heavy atom. The van der Waals surface area contributed by atoms with Crippen molar-refractivity contribution in [3.63, 3.8) is 0 Å². The molecule has 0 fully saturated rings. The second kappa shape index (κ2) is 2.21. The molecule has 0 radical (unpaired) electrons. The molecule has 1 aromatic heterocycles. The number of rotatable bonds is 1. The molecule has 0 aliphatic carbocycles. The molecule has 0 atom stereocenters. The van der Waals surface area contributed by atoms with Gasteiger partial charge in [0.15, 0.2) is 5.75 Å². The van der Waals surface area contributed by atoms with Crippen molar-refractivity contribution in [2.45, 2.75) is 0 Å². The summed E-state index contributed by atoms with van der Waals surface area (Å²) in [7, 11) is 0. The third-order valence-electron chi connectivity index (χ3n) is 0.872. The maximum atomic E-state index is 8.83. The number of nitrogens with one attached hydrogen (secondary N) is 1. The van der Waals surface area contributed by atoms with Crippen LogP contribution in [-0.2, 0) is 0 Å². The summed E-state index contributed by atoms with van der Waals surface area (Å²) in [5, 5.41) is 11.8. The van der Waals surface area contributed by atoms with Gasteiger partial charge in [0.25, 0.3) is 0 Å². The lowest BCUT2D eigenvalue weighted by Gasteiger charge is -1.90. The number of hydrogen-bond donors (Lipinski definition) is 2. The van der Waals surface area contributed by atoms with Crippen LogP contribution in [0, 0.1) is 5.53 Å². The Kier molecular flexibility index (Phi) is 1.40. The number of nitrogens with zero attached hydrogens (tertiary/aromatic N) is 2. The lowest BCUT2D eigenvalue weighted by Crippen LogP contribution is -1.70. The first-order chi connectivity index (χ1) is 4.34. The molecule has 0 aromatic carbocycles. The molecule has 0 bridgehead atoms. The Balaban J connectivity index is 3.15. The van der Waals surface area contributed by atoms with Gasteiger partial charge in [0.05, 0.1) is 0 Å². The summed E-state index contributed by atoms with van der Waals surface area (Å²) >= 11 is 0. The third-order valence-corrected chi connectivity index (χ3v) is 0.872. The Bertz CT molecular complexity index is 223. The molecule has 0 saturated heterocycles. The second-order valence-electron chi connectivity index (χ2n) is 1.46. The van der Waals surface area contributed by atoms with Gasteiger partial charge < -0.3 is 5.11 Å². The van der Waals surface area contributed by atoms with E-state index in [1.165, 1.54) is 12.3 Å². The van der Waals surface area contributed by atoms with Gasteiger partial charge in [-0.1, -0.05) is 0 Å². The van der Waals surface area contributed by atoms with Crippen LogP contribution < -0.4 is 0 Å². The predicted molar refractivity (Wildman–Crippen MR) is 30.7 cm³/mol. The van der Waals surface area contributed by atoms with E-state index < -0.39 is 0 Å². The van der Waals surface area contributed by atoms with Crippen LogP contribution in [0.25, 0.3) is 0 Å². The van der Waals surface area contributed by atoms with Crippen LogP contribution in [0.3, 0.4) is 0 Å². The molecule has 0 aliphatic rings. The Labute approximate surface area is 51.7 Å². The second-order valence-corrected chi connectivity index (χ2v) is 1.46. The Hall–Kier alpha value is -1.45. The first kappa shape index (κ1) is 5.68. The van der Waals surface area contributed by atoms with Crippen LogP contribution in [0.15, 0.2) is 23.4 Å². The number of aromatic hydroxyl groups is 1. The van der Waals surface area contributed by atoms with Crippen LogP contribution in [0.5, 0.6) is 5.75 Å². The first-order valence-electron chi connectivity index (χ1n) is 2.36. The highest BCUT2D eigenvalue weighted by atomic mass is 16.3. The van der Waals surface area contributed by atoms with Crippen LogP contribution in [0.4, 0.5) is 5.82 Å². The summed E-state index contributed by atoms with van der Waals surface area (Å²) < 4.78 is 0. The van der Waals surface area contributed by atoms with Gasteiger partial charge in [-0.25, -0.2) is 10.5 Å². The number of pyridine rings is 1. The highest BCUT2D eigenvalue weighted by molar-refractivity contribution is 5.41. The molecule has 1 heterocycles. The fourth-order valence-electron chi connectivity index (χ4n) is 0.475. The highest BCUT2D eigenvalue weighted by Crippen LogP contribution is 2.20. The molecule has 1 rings (SSSR count). The smallest absolute Gasteiger partial charge is 0.215 e. The summed E-state index contributed by atoms with van der Waals surface area (Å²) in [5.41, 5.74) is 6.49. The van der Waals surface area contributed by atoms with Crippen molar-refractivity contribution in [1.29, 1.82) is 5.53 Å². The molecule has 4 nitrogen and oxygen atoms in total. The zero-order valence-electron chi connectivity index (χ0n) is 4.57. The lowest BCUT2D eigenvalue weighted by atomic mass is 10.4. The van der Waals surface area contributed by atoms with Gasteiger partial charge in [-0.3, -0.25) is 0 Å². The van der Waals surface area contributed by atoms with Crippen molar-refractivity contribution >= 4 is 5.82 Å². The van der Waals surface area contributed by atoms with Crippen molar-refractivity contribution in [3.8, 4) is 5.75 Å². The van der Waals surface area contributed by atoms with E-state index in [2.05, 4.69) is 10.1 Å². The average Bonchev–Trinajstić information content (AvgIpc) is 1.89. The fourth-order valence-corrected chi connectivity index (χ4v) is 0.475. The van der Waals surface area contributed by atoms with Gasteiger partial charge >= 0.3 is 0 Å². The molecule has 0 unspecified atom stereocenters. The van der Waals surface area contributed by atoms with Crippen LogP contribution in [0.2, 0.25) is 0 Å². The Morgan fingerprint density at radius 3 is 2.89 bits per heavy atom. The number of aromatic nitrogens is 1. The van der Waals surface area contributed by atoms with E-state index in [0.29, 0.717) is 0 Å². The largest absolute Gasteiger partial charge is 0.504 e. The van der Waals surface area contributed by atoms with E-state index in [-0.39, 0.29) is 11.6 Å². The number of hydrogen-bond acceptors (Lipinski definition) is 4. The summed E-state index contributed by atoms with van der Waals surface area (Å²) in [5.74, 6) is -0.00926. The maximum absolute atomic E-state index is 8.83. The third kappa shape index (κ3) is 1.02. The van der Waals surface area contributed by atoms with E-state index in [0.717, 1.165) is 0 Å². The monoisotopic (exact) mass is 123 g/mol. The van der Waals surface area contributed by atoms with Crippen LogP contribution in [-0.4, -0.2) is 10.1 Å². The maximum Gasteiger partial charge on any atom is 0.215 e. The molecule has 0 saturated carbocycles. The normalized spacial score (nSPS) is 8.89. The minimum atomic E-state index is -0.0625. The zero-order chi connectivity index (χ0) is 6.69. The molecular formula is C5H5N3O. The molecule has 0 spiro atoms. The molecular weight excluding hydrogens is 118 g/mol. The quantitative estimate of drug-likeness (QED) is 0.555. The molecule has 4 heteroatoms. The zero-order valence-corrected chi connectivity index (χ0v) is 4.57. The van der Waals surface area contributed by atoms with Crippen molar-refractivity contribution in [3.05, 3.63) is 18.3 Å². The molecule has 0 aliphatic heterocycles. The Morgan fingerprint density at radius 2 is 2.44 bits per heavy atom. The van der Waals surface area contributed by atoms with E-state index in [4.69, 9.17) is 10.6 Å². The van der Waals surface area contributed by atoms with E-state index >= 15 is 0 Å². The van der Waals surface area contributed by atoms with Crippen molar-refractivity contribution in [1.82, 2.24) is 4.98 Å². The molecule has 9 heavy (non-hydrogen) atoms. The topological polar surface area (TPSA) is 69.3 Å². The minimum Gasteiger partial charge on any atom is -0.504 e. The summed E-state index contributed by atoms with van der Waals surface area (Å²) in [6.45, 7) is 0. The van der Waals surface area contributed by atoms with E-state index in [1.807, 2.05) is 0 Å². The molecule has 1 aromatic rings. The fraction of sp³-hybridized carbons (Fsp3) is 0. The van der Waals surface area contributed by atoms with Gasteiger partial charge in [0, 0.05) is 6.20 Å². The summed E-state index contributed by atoms with van der Waals surface area (Å²) in [4.78, 5) is 3.59. The molecule has 46 valence electrons. The van der Waals surface area contributed by atoms with Gasteiger partial charge in [0.2, 0.25) is 5.82 Å². The van der Waals surface area contributed by atoms with E-state index in [9.17, 15) is 0 Å². The SMILES string of the molecule is N=Nc1ncccc1O. The van der Waals surface area contributed by atoms with Gasteiger partial charge in [-0.2, -0.15) is 0 Å². The average molecular weight is 123 g/mol. The van der Waals surface area contributed by atoms with Crippen LogP contribution >= 0.6 is 0 Å². The van der Waals surface area contributed by atoms with Crippen LogP contribution in [0.1, 0.15) is 0 Å². The first-order valence-corrected chi connectivity index (χ1v) is 2.36. The van der Waals surface area contributed by atoms with Crippen molar-refractivity contribution in [2.75, 3.05) is 0 Å². The lowest BCUT2D eigenvalue weighted by molar-refractivity contribution is 0.473. The van der Waals surface area contributed by atoms with Crippen molar-refractivity contribution < 1.29 is 5.11 Å². The molecule has 0 amide bonds.